The van der Waals surface area contributed by atoms with Crippen LogP contribution in [0.1, 0.15) is 19.3 Å². The van der Waals surface area contributed by atoms with Crippen LogP contribution in [-0.4, -0.2) is 90.2 Å². The predicted molar refractivity (Wildman–Crippen MR) is 129 cm³/mol. The number of amides is 4. The SMILES string of the molecule is COC(=O)[C@H]1CCCN1C(=O)[C@@H]1C[C@H](NC(=O)Nc2cccc(SC)c2)CN1C(=O)CSC. The molecule has 2 aliphatic heterocycles. The Kier molecular flexibility index (Phi) is 8.90. The van der Waals surface area contributed by atoms with Gasteiger partial charge in [0, 0.05) is 23.7 Å². The Labute approximate surface area is 202 Å². The second kappa shape index (κ2) is 11.6. The number of carbonyl (C=O) groups excluding carboxylic acids is 4. The molecule has 0 aliphatic carbocycles. The fraction of sp³-hybridized carbons (Fsp3) is 0.545. The van der Waals surface area contributed by atoms with Crippen molar-refractivity contribution in [2.24, 2.45) is 0 Å². The first kappa shape index (κ1) is 25.2. The van der Waals surface area contributed by atoms with Crippen LogP contribution in [0.25, 0.3) is 0 Å². The highest BCUT2D eigenvalue weighted by Gasteiger charge is 2.45. The lowest BCUT2D eigenvalue weighted by Gasteiger charge is -2.30. The van der Waals surface area contributed by atoms with Crippen LogP contribution in [0.2, 0.25) is 0 Å². The summed E-state index contributed by atoms with van der Waals surface area (Å²) in [5.74, 6) is -0.630. The Bertz CT molecular complexity index is 899. The van der Waals surface area contributed by atoms with Crippen molar-refractivity contribution in [1.29, 1.82) is 0 Å². The first-order valence-electron chi connectivity index (χ1n) is 10.8. The van der Waals surface area contributed by atoms with Crippen molar-refractivity contribution in [3.63, 3.8) is 0 Å². The van der Waals surface area contributed by atoms with Gasteiger partial charge in [-0.3, -0.25) is 9.59 Å². The van der Waals surface area contributed by atoms with Gasteiger partial charge in [0.2, 0.25) is 11.8 Å². The molecular weight excluding hydrogens is 464 g/mol. The minimum absolute atomic E-state index is 0.160. The maximum absolute atomic E-state index is 13.4. The maximum Gasteiger partial charge on any atom is 0.328 e. The van der Waals surface area contributed by atoms with E-state index in [2.05, 4.69) is 10.6 Å². The van der Waals surface area contributed by atoms with Crippen LogP contribution >= 0.6 is 23.5 Å². The molecule has 3 rings (SSSR count). The van der Waals surface area contributed by atoms with Gasteiger partial charge in [-0.25, -0.2) is 9.59 Å². The number of hydrogen-bond acceptors (Lipinski definition) is 7. The summed E-state index contributed by atoms with van der Waals surface area (Å²) < 4.78 is 4.85. The zero-order chi connectivity index (χ0) is 24.0. The summed E-state index contributed by atoms with van der Waals surface area (Å²) in [7, 11) is 1.31. The first-order chi connectivity index (χ1) is 15.9. The van der Waals surface area contributed by atoms with Crippen molar-refractivity contribution in [3.05, 3.63) is 24.3 Å². The van der Waals surface area contributed by atoms with Gasteiger partial charge < -0.3 is 25.2 Å². The van der Waals surface area contributed by atoms with E-state index < -0.39 is 24.1 Å². The zero-order valence-electron chi connectivity index (χ0n) is 19.0. The third-order valence-corrected chi connectivity index (χ3v) is 7.11. The predicted octanol–water partition coefficient (Wildman–Crippen LogP) is 2.03. The van der Waals surface area contributed by atoms with Gasteiger partial charge in [-0.05, 0) is 50.0 Å². The van der Waals surface area contributed by atoms with E-state index in [0.29, 0.717) is 31.5 Å². The second-order valence-corrected chi connectivity index (χ2v) is 9.72. The summed E-state index contributed by atoms with van der Waals surface area (Å²) >= 11 is 2.96. The molecule has 9 nitrogen and oxygen atoms in total. The number of likely N-dealkylation sites (tertiary alicyclic amines) is 2. The zero-order valence-corrected chi connectivity index (χ0v) is 20.7. The molecule has 11 heteroatoms. The van der Waals surface area contributed by atoms with Crippen LogP contribution < -0.4 is 10.6 Å². The lowest BCUT2D eigenvalue weighted by molar-refractivity contribution is -0.153. The highest BCUT2D eigenvalue weighted by molar-refractivity contribution is 7.99. The van der Waals surface area contributed by atoms with Gasteiger partial charge in [0.1, 0.15) is 12.1 Å². The van der Waals surface area contributed by atoms with Crippen molar-refractivity contribution in [2.45, 2.75) is 42.3 Å². The number of urea groups is 1. The summed E-state index contributed by atoms with van der Waals surface area (Å²) in [6.45, 7) is 0.689. The number of hydrogen-bond donors (Lipinski definition) is 2. The molecule has 0 spiro atoms. The lowest BCUT2D eigenvalue weighted by atomic mass is 10.1. The third-order valence-electron chi connectivity index (χ3n) is 5.85. The molecule has 4 amide bonds. The fourth-order valence-electron chi connectivity index (χ4n) is 4.31. The number of benzene rings is 1. The molecule has 2 fully saturated rings. The van der Waals surface area contributed by atoms with Crippen LogP contribution in [0.5, 0.6) is 0 Å². The van der Waals surface area contributed by atoms with E-state index in [-0.39, 0.29) is 30.2 Å². The number of carbonyl (C=O) groups is 4. The third kappa shape index (κ3) is 6.14. The number of anilines is 1. The minimum atomic E-state index is -0.722. The first-order valence-corrected chi connectivity index (χ1v) is 13.4. The van der Waals surface area contributed by atoms with Gasteiger partial charge >= 0.3 is 12.0 Å². The van der Waals surface area contributed by atoms with Crippen molar-refractivity contribution in [3.8, 4) is 0 Å². The van der Waals surface area contributed by atoms with Crippen molar-refractivity contribution < 1.29 is 23.9 Å². The summed E-state index contributed by atoms with van der Waals surface area (Å²) in [4.78, 5) is 54.9. The van der Waals surface area contributed by atoms with Gasteiger partial charge in [0.15, 0.2) is 0 Å². The van der Waals surface area contributed by atoms with Crippen molar-refractivity contribution in [2.75, 3.05) is 43.8 Å². The van der Waals surface area contributed by atoms with E-state index in [1.165, 1.54) is 28.7 Å². The van der Waals surface area contributed by atoms with E-state index in [0.717, 1.165) is 4.90 Å². The minimum Gasteiger partial charge on any atom is -0.467 e. The van der Waals surface area contributed by atoms with Crippen molar-refractivity contribution in [1.82, 2.24) is 15.1 Å². The highest BCUT2D eigenvalue weighted by Crippen LogP contribution is 2.26. The molecule has 33 heavy (non-hydrogen) atoms. The summed E-state index contributed by atoms with van der Waals surface area (Å²) in [6.07, 6.45) is 5.32. The molecule has 0 bridgehead atoms. The standard InChI is InChI=1S/C22H30N4O5S2/c1-31-21(29)17-8-5-9-25(17)20(28)18-11-15(12-26(18)19(27)13-32-2)24-22(30)23-14-6-4-7-16(10-14)33-3/h4,6-7,10,15,17-18H,5,8-9,11-13H2,1-3H3,(H2,23,24,30)/t15-,17+,18-/m0/s1. The summed E-state index contributed by atoms with van der Waals surface area (Å²) in [6, 6.07) is 5.37. The van der Waals surface area contributed by atoms with Gasteiger partial charge in [0.25, 0.3) is 0 Å². The second-order valence-electron chi connectivity index (χ2n) is 7.97. The molecule has 2 saturated heterocycles. The molecule has 3 atom stereocenters. The summed E-state index contributed by atoms with van der Waals surface area (Å²) in [5, 5.41) is 5.71. The van der Waals surface area contributed by atoms with Crippen LogP contribution in [-0.2, 0) is 19.1 Å². The Balaban J connectivity index is 1.69. The van der Waals surface area contributed by atoms with Crippen LogP contribution in [0.4, 0.5) is 10.5 Å². The van der Waals surface area contributed by atoms with Gasteiger partial charge in [-0.1, -0.05) is 6.07 Å². The Hall–Kier alpha value is -2.40. The Morgan fingerprint density at radius 3 is 2.64 bits per heavy atom. The molecule has 0 unspecified atom stereocenters. The lowest BCUT2D eigenvalue weighted by Crippen LogP contribution is -2.51. The average molecular weight is 495 g/mol. The number of nitrogens with one attached hydrogen (secondary N) is 2. The smallest absolute Gasteiger partial charge is 0.328 e. The van der Waals surface area contributed by atoms with Gasteiger partial charge in [0.05, 0.1) is 18.9 Å². The molecule has 180 valence electrons. The molecule has 2 N–H and O–H groups in total. The number of nitrogens with zero attached hydrogens (tertiary/aromatic N) is 2. The Morgan fingerprint density at radius 2 is 1.94 bits per heavy atom. The fourth-order valence-corrected chi connectivity index (χ4v) is 5.19. The molecular formula is C22H30N4O5S2. The van der Waals surface area contributed by atoms with E-state index in [4.69, 9.17) is 4.74 Å². The van der Waals surface area contributed by atoms with E-state index in [1.807, 2.05) is 30.7 Å². The quantitative estimate of drug-likeness (QED) is 0.441. The highest BCUT2D eigenvalue weighted by atomic mass is 32.2. The number of rotatable bonds is 7. The molecule has 0 aromatic heterocycles. The molecule has 0 radical (unpaired) electrons. The normalized spacial score (nSPS) is 22.2. The van der Waals surface area contributed by atoms with Gasteiger partial charge in [-0.2, -0.15) is 11.8 Å². The van der Waals surface area contributed by atoms with E-state index >= 15 is 0 Å². The largest absolute Gasteiger partial charge is 0.467 e. The number of ether oxygens (including phenoxy) is 1. The average Bonchev–Trinajstić information content (AvgIpc) is 3.46. The van der Waals surface area contributed by atoms with Crippen LogP contribution in [0.3, 0.4) is 0 Å². The van der Waals surface area contributed by atoms with E-state index in [1.54, 1.807) is 17.8 Å². The van der Waals surface area contributed by atoms with Crippen LogP contribution in [0, 0.1) is 0 Å². The monoisotopic (exact) mass is 494 g/mol. The molecule has 2 aliphatic rings. The van der Waals surface area contributed by atoms with Crippen molar-refractivity contribution >= 4 is 53.0 Å². The topological polar surface area (TPSA) is 108 Å². The maximum atomic E-state index is 13.4. The molecule has 1 aromatic carbocycles. The van der Waals surface area contributed by atoms with E-state index in [9.17, 15) is 19.2 Å². The number of methoxy groups -OCH3 is 1. The molecule has 0 saturated carbocycles. The molecule has 2 heterocycles. The van der Waals surface area contributed by atoms with Gasteiger partial charge in [-0.15, -0.1) is 11.8 Å². The Morgan fingerprint density at radius 1 is 1.15 bits per heavy atom. The molecule has 1 aromatic rings. The van der Waals surface area contributed by atoms with Crippen LogP contribution in [0.15, 0.2) is 29.2 Å². The number of thioether (sulfide) groups is 2. The number of esters is 1. The summed E-state index contributed by atoms with van der Waals surface area (Å²) in [5.41, 5.74) is 0.665.